The van der Waals surface area contributed by atoms with Crippen LogP contribution >= 0.6 is 0 Å². The largest absolute Gasteiger partial charge is 0.398 e. The molecule has 94 valence electrons. The zero-order chi connectivity index (χ0) is 12.3. The molecule has 2 unspecified atom stereocenters. The zero-order valence-corrected chi connectivity index (χ0v) is 11.0. The highest BCUT2D eigenvalue weighted by atomic mass is 14.9. The van der Waals surface area contributed by atoms with E-state index in [-0.39, 0.29) is 0 Å². The number of benzene rings is 1. The van der Waals surface area contributed by atoms with Crippen LogP contribution in [0.5, 0.6) is 0 Å². The number of hydrogen-bond acceptors (Lipinski definition) is 2. The second kappa shape index (κ2) is 5.44. The summed E-state index contributed by atoms with van der Waals surface area (Å²) in [7, 11) is 0. The Kier molecular flexibility index (Phi) is 3.93. The quantitative estimate of drug-likeness (QED) is 0.774. The molecule has 2 atom stereocenters. The lowest BCUT2D eigenvalue weighted by Crippen LogP contribution is -2.31. The topological polar surface area (TPSA) is 38.0 Å². The van der Waals surface area contributed by atoms with E-state index in [2.05, 4.69) is 37.4 Å². The maximum absolute atomic E-state index is 5.95. The smallest absolute Gasteiger partial charge is 0.0364 e. The van der Waals surface area contributed by atoms with Crippen LogP contribution in [0, 0.1) is 12.8 Å². The maximum Gasteiger partial charge on any atom is 0.0364 e. The highest BCUT2D eigenvalue weighted by Gasteiger charge is 2.23. The first-order chi connectivity index (χ1) is 8.20. The van der Waals surface area contributed by atoms with Gasteiger partial charge >= 0.3 is 0 Å². The summed E-state index contributed by atoms with van der Waals surface area (Å²) in [5, 5.41) is 3.67. The molecule has 0 aromatic heterocycles. The Morgan fingerprint density at radius 1 is 1.29 bits per heavy atom. The number of anilines is 2. The molecule has 1 aliphatic carbocycles. The van der Waals surface area contributed by atoms with Crippen molar-refractivity contribution in [2.45, 2.75) is 52.0 Å². The molecule has 2 nitrogen and oxygen atoms in total. The number of nitrogens with two attached hydrogens (primary N) is 1. The SMILES string of the molecule is CCC1CCCCC1Nc1ccc(C)c(N)c1. The van der Waals surface area contributed by atoms with Crippen LogP contribution in [-0.4, -0.2) is 6.04 Å². The van der Waals surface area contributed by atoms with Gasteiger partial charge in [-0.05, 0) is 43.4 Å². The van der Waals surface area contributed by atoms with Gasteiger partial charge < -0.3 is 11.1 Å². The summed E-state index contributed by atoms with van der Waals surface area (Å²) in [5.41, 5.74) is 9.18. The van der Waals surface area contributed by atoms with E-state index in [0.717, 1.165) is 17.2 Å². The third kappa shape index (κ3) is 2.93. The molecule has 1 aromatic carbocycles. The van der Waals surface area contributed by atoms with Gasteiger partial charge in [0.15, 0.2) is 0 Å². The van der Waals surface area contributed by atoms with Crippen LogP contribution < -0.4 is 11.1 Å². The molecule has 1 fully saturated rings. The van der Waals surface area contributed by atoms with E-state index < -0.39 is 0 Å². The van der Waals surface area contributed by atoms with Crippen molar-refractivity contribution in [3.8, 4) is 0 Å². The lowest BCUT2D eigenvalue weighted by Gasteiger charge is -2.32. The molecular weight excluding hydrogens is 208 g/mol. The van der Waals surface area contributed by atoms with Crippen molar-refractivity contribution in [2.24, 2.45) is 5.92 Å². The van der Waals surface area contributed by atoms with E-state index in [1.165, 1.54) is 37.8 Å². The highest BCUT2D eigenvalue weighted by molar-refractivity contribution is 5.58. The molecule has 1 aromatic rings. The van der Waals surface area contributed by atoms with Gasteiger partial charge in [0.05, 0.1) is 0 Å². The third-order valence-electron chi connectivity index (χ3n) is 4.06. The van der Waals surface area contributed by atoms with Gasteiger partial charge in [0.25, 0.3) is 0 Å². The minimum Gasteiger partial charge on any atom is -0.398 e. The summed E-state index contributed by atoms with van der Waals surface area (Å²) in [4.78, 5) is 0. The van der Waals surface area contributed by atoms with Crippen LogP contribution in [0.3, 0.4) is 0 Å². The maximum atomic E-state index is 5.95. The van der Waals surface area contributed by atoms with E-state index in [1.54, 1.807) is 0 Å². The van der Waals surface area contributed by atoms with Crippen molar-refractivity contribution in [2.75, 3.05) is 11.1 Å². The Bertz CT molecular complexity index is 373. The Morgan fingerprint density at radius 2 is 2.06 bits per heavy atom. The van der Waals surface area contributed by atoms with E-state index >= 15 is 0 Å². The van der Waals surface area contributed by atoms with Crippen LogP contribution in [0.25, 0.3) is 0 Å². The van der Waals surface area contributed by atoms with Gasteiger partial charge in [0, 0.05) is 17.4 Å². The molecule has 0 saturated heterocycles. The Morgan fingerprint density at radius 3 is 2.76 bits per heavy atom. The first kappa shape index (κ1) is 12.3. The first-order valence-corrected chi connectivity index (χ1v) is 6.83. The summed E-state index contributed by atoms with van der Waals surface area (Å²) in [6.07, 6.45) is 6.70. The normalized spacial score (nSPS) is 24.6. The first-order valence-electron chi connectivity index (χ1n) is 6.83. The number of hydrogen-bond donors (Lipinski definition) is 2. The Labute approximate surface area is 105 Å². The predicted octanol–water partition coefficient (Wildman–Crippen LogP) is 3.96. The number of aryl methyl sites for hydroxylation is 1. The van der Waals surface area contributed by atoms with Gasteiger partial charge in [0.1, 0.15) is 0 Å². The second-order valence-corrected chi connectivity index (χ2v) is 5.27. The molecule has 1 aliphatic rings. The molecule has 2 heteroatoms. The number of nitrogens with one attached hydrogen (secondary N) is 1. The summed E-state index contributed by atoms with van der Waals surface area (Å²) in [6, 6.07) is 6.95. The summed E-state index contributed by atoms with van der Waals surface area (Å²) in [6.45, 7) is 4.35. The van der Waals surface area contributed by atoms with Crippen molar-refractivity contribution < 1.29 is 0 Å². The molecule has 3 N–H and O–H groups in total. The van der Waals surface area contributed by atoms with Crippen molar-refractivity contribution in [3.63, 3.8) is 0 Å². The van der Waals surface area contributed by atoms with Crippen LogP contribution in [0.4, 0.5) is 11.4 Å². The van der Waals surface area contributed by atoms with Gasteiger partial charge in [-0.15, -0.1) is 0 Å². The fourth-order valence-electron chi connectivity index (χ4n) is 2.83. The van der Waals surface area contributed by atoms with Crippen LogP contribution in [0.15, 0.2) is 18.2 Å². The summed E-state index contributed by atoms with van der Waals surface area (Å²) in [5.74, 6) is 0.825. The Balaban J connectivity index is 2.05. The third-order valence-corrected chi connectivity index (χ3v) is 4.06. The van der Waals surface area contributed by atoms with E-state index in [9.17, 15) is 0 Å². The van der Waals surface area contributed by atoms with E-state index in [1.807, 2.05) is 0 Å². The molecule has 17 heavy (non-hydrogen) atoms. The molecule has 0 heterocycles. The highest BCUT2D eigenvalue weighted by Crippen LogP contribution is 2.30. The molecule has 0 aliphatic heterocycles. The molecule has 0 spiro atoms. The van der Waals surface area contributed by atoms with Crippen LogP contribution in [0.1, 0.15) is 44.6 Å². The molecule has 0 radical (unpaired) electrons. The van der Waals surface area contributed by atoms with Crippen molar-refractivity contribution >= 4 is 11.4 Å². The van der Waals surface area contributed by atoms with Crippen LogP contribution in [0.2, 0.25) is 0 Å². The molecule has 0 bridgehead atoms. The Hall–Kier alpha value is -1.18. The summed E-state index contributed by atoms with van der Waals surface area (Å²) >= 11 is 0. The minimum atomic E-state index is 0.635. The molecular formula is C15H24N2. The predicted molar refractivity (Wildman–Crippen MR) is 75.3 cm³/mol. The standard InChI is InChI=1S/C15H24N2/c1-3-12-6-4-5-7-15(12)17-13-9-8-11(2)14(16)10-13/h8-10,12,15,17H,3-7,16H2,1-2H3. The second-order valence-electron chi connectivity index (χ2n) is 5.27. The van der Waals surface area contributed by atoms with Gasteiger partial charge in [-0.1, -0.05) is 32.3 Å². The lowest BCUT2D eigenvalue weighted by molar-refractivity contribution is 0.317. The number of rotatable bonds is 3. The monoisotopic (exact) mass is 232 g/mol. The fourth-order valence-corrected chi connectivity index (χ4v) is 2.83. The van der Waals surface area contributed by atoms with Crippen LogP contribution in [-0.2, 0) is 0 Å². The molecule has 1 saturated carbocycles. The average Bonchev–Trinajstić information content (AvgIpc) is 2.34. The fraction of sp³-hybridized carbons (Fsp3) is 0.600. The lowest BCUT2D eigenvalue weighted by atomic mass is 9.83. The zero-order valence-electron chi connectivity index (χ0n) is 11.0. The van der Waals surface area contributed by atoms with Crippen molar-refractivity contribution in [1.82, 2.24) is 0 Å². The van der Waals surface area contributed by atoms with Crippen molar-refractivity contribution in [3.05, 3.63) is 23.8 Å². The molecule has 0 amide bonds. The van der Waals surface area contributed by atoms with Gasteiger partial charge in [-0.25, -0.2) is 0 Å². The van der Waals surface area contributed by atoms with E-state index in [4.69, 9.17) is 5.73 Å². The van der Waals surface area contributed by atoms with E-state index in [0.29, 0.717) is 6.04 Å². The van der Waals surface area contributed by atoms with Gasteiger partial charge in [-0.2, -0.15) is 0 Å². The number of nitrogen functional groups attached to an aromatic ring is 1. The minimum absolute atomic E-state index is 0.635. The van der Waals surface area contributed by atoms with Gasteiger partial charge in [0.2, 0.25) is 0 Å². The van der Waals surface area contributed by atoms with Crippen molar-refractivity contribution in [1.29, 1.82) is 0 Å². The average molecular weight is 232 g/mol. The molecule has 2 rings (SSSR count). The summed E-state index contributed by atoms with van der Waals surface area (Å²) < 4.78 is 0. The van der Waals surface area contributed by atoms with Gasteiger partial charge in [-0.3, -0.25) is 0 Å².